The van der Waals surface area contributed by atoms with Gasteiger partial charge in [0.1, 0.15) is 12.4 Å². The van der Waals surface area contributed by atoms with E-state index in [1.165, 1.54) is 7.05 Å². The van der Waals surface area contributed by atoms with Crippen molar-refractivity contribution in [3.05, 3.63) is 88.1 Å². The second-order valence-electron chi connectivity index (χ2n) is 7.17. The molecule has 5 nitrogen and oxygen atoms in total. The molecule has 0 atom stereocenters. The number of benzene rings is 2. The van der Waals surface area contributed by atoms with Crippen LogP contribution in [-0.4, -0.2) is 27.7 Å². The molecule has 2 aromatic carbocycles. The summed E-state index contributed by atoms with van der Waals surface area (Å²) in [7, 11) is 1.50. The van der Waals surface area contributed by atoms with Gasteiger partial charge in [-0.1, -0.05) is 30.3 Å². The van der Waals surface area contributed by atoms with Gasteiger partial charge < -0.3 is 9.30 Å². The molecular formula is C24H22N2O3S. The summed E-state index contributed by atoms with van der Waals surface area (Å²) in [6.45, 7) is 4.56. The van der Waals surface area contributed by atoms with Crippen LogP contribution in [0.2, 0.25) is 0 Å². The Balaban J connectivity index is 1.55. The van der Waals surface area contributed by atoms with Crippen LogP contribution in [0, 0.1) is 13.8 Å². The van der Waals surface area contributed by atoms with Gasteiger partial charge in [0.05, 0.1) is 4.91 Å². The van der Waals surface area contributed by atoms with Crippen LogP contribution in [-0.2, 0) is 11.4 Å². The Labute approximate surface area is 180 Å². The molecule has 1 fully saturated rings. The van der Waals surface area contributed by atoms with Crippen LogP contribution >= 0.6 is 11.8 Å². The quantitative estimate of drug-likeness (QED) is 0.525. The number of rotatable bonds is 5. The second kappa shape index (κ2) is 8.24. The number of likely N-dealkylation sites (N-methyl/N-ethyl adjacent to an activating group) is 1. The van der Waals surface area contributed by atoms with E-state index in [9.17, 15) is 9.59 Å². The molecule has 152 valence electrons. The lowest BCUT2D eigenvalue weighted by Gasteiger charge is -2.11. The van der Waals surface area contributed by atoms with Crippen molar-refractivity contribution in [2.45, 2.75) is 20.5 Å². The van der Waals surface area contributed by atoms with Crippen molar-refractivity contribution in [3.63, 3.8) is 0 Å². The van der Waals surface area contributed by atoms with E-state index in [2.05, 4.69) is 4.57 Å². The largest absolute Gasteiger partial charge is 0.489 e. The highest BCUT2D eigenvalue weighted by molar-refractivity contribution is 8.18. The van der Waals surface area contributed by atoms with Crippen molar-refractivity contribution in [2.75, 3.05) is 7.05 Å². The molecule has 1 aliphatic rings. The van der Waals surface area contributed by atoms with Crippen LogP contribution in [0.25, 0.3) is 11.8 Å². The van der Waals surface area contributed by atoms with Crippen molar-refractivity contribution in [3.8, 4) is 11.4 Å². The summed E-state index contributed by atoms with van der Waals surface area (Å²) in [4.78, 5) is 25.5. The van der Waals surface area contributed by atoms with Gasteiger partial charge in [-0.2, -0.15) is 0 Å². The summed E-state index contributed by atoms with van der Waals surface area (Å²) < 4.78 is 8.00. The number of nitrogens with zero attached hydrogens (tertiary/aromatic N) is 2. The third-order valence-corrected chi connectivity index (χ3v) is 6.05. The number of aryl methyl sites for hydroxylation is 1. The number of amides is 2. The minimum absolute atomic E-state index is 0.244. The fraction of sp³-hybridized carbons (Fsp3) is 0.167. The van der Waals surface area contributed by atoms with Crippen LogP contribution in [0.15, 0.2) is 65.6 Å². The van der Waals surface area contributed by atoms with E-state index in [0.717, 1.165) is 50.6 Å². The molecule has 0 radical (unpaired) electrons. The molecular weight excluding hydrogens is 396 g/mol. The molecule has 2 heterocycles. The minimum atomic E-state index is -0.255. The van der Waals surface area contributed by atoms with Crippen LogP contribution in [0.4, 0.5) is 4.79 Å². The standard InChI is InChI=1S/C24H22N2O3S/c1-16-13-19(14-22-23(27)25(3)24(28)30-22)17(2)26(16)20-9-11-21(12-10-20)29-15-18-7-5-4-6-8-18/h4-14H,15H2,1-3H3/b22-14-. The first-order valence-corrected chi connectivity index (χ1v) is 10.4. The smallest absolute Gasteiger partial charge is 0.293 e. The monoisotopic (exact) mass is 418 g/mol. The molecule has 3 aromatic rings. The van der Waals surface area contributed by atoms with Crippen molar-refractivity contribution >= 4 is 29.0 Å². The molecule has 0 saturated carbocycles. The maximum Gasteiger partial charge on any atom is 0.293 e. The Morgan fingerprint density at radius 1 is 1.00 bits per heavy atom. The Kier molecular flexibility index (Phi) is 5.50. The fourth-order valence-electron chi connectivity index (χ4n) is 3.45. The third-order valence-electron chi connectivity index (χ3n) is 5.09. The van der Waals surface area contributed by atoms with E-state index in [4.69, 9.17) is 4.74 Å². The third kappa shape index (κ3) is 3.91. The SMILES string of the molecule is Cc1cc(/C=C2\SC(=O)N(C)C2=O)c(C)n1-c1ccc(OCc2ccccc2)cc1. The molecule has 0 N–H and O–H groups in total. The first-order chi connectivity index (χ1) is 14.4. The Bertz CT molecular complexity index is 1130. The molecule has 30 heavy (non-hydrogen) atoms. The number of thioether (sulfide) groups is 1. The Hall–Kier alpha value is -3.25. The lowest BCUT2D eigenvalue weighted by Crippen LogP contribution is -2.22. The van der Waals surface area contributed by atoms with Gasteiger partial charge in [-0.25, -0.2) is 0 Å². The van der Waals surface area contributed by atoms with Gasteiger partial charge in [-0.05, 0) is 73.1 Å². The van der Waals surface area contributed by atoms with Crippen molar-refractivity contribution in [1.29, 1.82) is 0 Å². The van der Waals surface area contributed by atoms with Crippen LogP contribution in [0.1, 0.15) is 22.5 Å². The maximum atomic E-state index is 12.2. The number of ether oxygens (including phenoxy) is 1. The summed E-state index contributed by atoms with van der Waals surface area (Å²) >= 11 is 0.975. The van der Waals surface area contributed by atoms with Crippen molar-refractivity contribution in [1.82, 2.24) is 9.47 Å². The first kappa shape index (κ1) is 20.0. The van der Waals surface area contributed by atoms with Crippen LogP contribution in [0.3, 0.4) is 0 Å². The lowest BCUT2D eigenvalue weighted by molar-refractivity contribution is -0.121. The molecule has 6 heteroatoms. The van der Waals surface area contributed by atoms with E-state index in [1.54, 1.807) is 6.08 Å². The van der Waals surface area contributed by atoms with E-state index in [-0.39, 0.29) is 11.1 Å². The summed E-state index contributed by atoms with van der Waals surface area (Å²) in [6, 6.07) is 20.0. The van der Waals surface area contributed by atoms with E-state index in [1.807, 2.05) is 74.5 Å². The van der Waals surface area contributed by atoms with Crippen molar-refractivity contribution in [2.24, 2.45) is 0 Å². The van der Waals surface area contributed by atoms with E-state index < -0.39 is 0 Å². The highest BCUT2D eigenvalue weighted by Gasteiger charge is 2.32. The summed E-state index contributed by atoms with van der Waals surface area (Å²) in [5.41, 5.74) is 5.12. The average Bonchev–Trinajstić information content (AvgIpc) is 3.17. The molecule has 0 unspecified atom stereocenters. The molecule has 4 rings (SSSR count). The number of carbonyl (C=O) groups is 2. The minimum Gasteiger partial charge on any atom is -0.489 e. The van der Waals surface area contributed by atoms with Gasteiger partial charge in [0.25, 0.3) is 11.1 Å². The highest BCUT2D eigenvalue weighted by Crippen LogP contribution is 2.33. The predicted octanol–water partition coefficient (Wildman–Crippen LogP) is 5.34. The van der Waals surface area contributed by atoms with Gasteiger partial charge in [0.2, 0.25) is 0 Å². The van der Waals surface area contributed by atoms with Crippen molar-refractivity contribution < 1.29 is 14.3 Å². The topological polar surface area (TPSA) is 51.5 Å². The first-order valence-electron chi connectivity index (χ1n) is 9.61. The number of hydrogen-bond acceptors (Lipinski definition) is 4. The van der Waals surface area contributed by atoms with Crippen LogP contribution in [0.5, 0.6) is 5.75 Å². The lowest BCUT2D eigenvalue weighted by atomic mass is 10.2. The summed E-state index contributed by atoms with van der Waals surface area (Å²) in [5.74, 6) is 0.552. The molecule has 1 saturated heterocycles. The Morgan fingerprint density at radius 3 is 2.33 bits per heavy atom. The molecule has 0 spiro atoms. The van der Waals surface area contributed by atoms with Gasteiger partial charge >= 0.3 is 0 Å². The fourth-order valence-corrected chi connectivity index (χ4v) is 4.27. The zero-order valence-corrected chi connectivity index (χ0v) is 17.9. The number of aromatic nitrogens is 1. The second-order valence-corrected chi connectivity index (χ2v) is 8.16. The molecule has 1 aliphatic heterocycles. The highest BCUT2D eigenvalue weighted by atomic mass is 32.2. The zero-order chi connectivity index (χ0) is 21.3. The van der Waals surface area contributed by atoms with Gasteiger partial charge in [-0.3, -0.25) is 14.5 Å². The zero-order valence-electron chi connectivity index (χ0n) is 17.1. The number of hydrogen-bond donors (Lipinski definition) is 0. The Morgan fingerprint density at radius 2 is 1.70 bits per heavy atom. The summed E-state index contributed by atoms with van der Waals surface area (Å²) in [6.07, 6.45) is 1.80. The van der Waals surface area contributed by atoms with Gasteiger partial charge in [0, 0.05) is 24.1 Å². The van der Waals surface area contributed by atoms with E-state index >= 15 is 0 Å². The van der Waals surface area contributed by atoms with Gasteiger partial charge in [0.15, 0.2) is 0 Å². The number of imide groups is 1. The molecule has 0 bridgehead atoms. The van der Waals surface area contributed by atoms with E-state index in [0.29, 0.717) is 11.5 Å². The maximum absolute atomic E-state index is 12.2. The molecule has 1 aromatic heterocycles. The average molecular weight is 419 g/mol. The molecule has 2 amide bonds. The molecule has 0 aliphatic carbocycles. The van der Waals surface area contributed by atoms with Gasteiger partial charge in [-0.15, -0.1) is 0 Å². The number of carbonyl (C=O) groups excluding carboxylic acids is 2. The van der Waals surface area contributed by atoms with Crippen LogP contribution < -0.4 is 4.74 Å². The normalized spacial score (nSPS) is 15.3. The summed E-state index contributed by atoms with van der Waals surface area (Å²) in [5, 5.41) is -0.244. The predicted molar refractivity (Wildman–Crippen MR) is 120 cm³/mol.